The first-order valence-electron chi connectivity index (χ1n) is 4.90. The molecule has 0 N–H and O–H groups in total. The van der Waals surface area contributed by atoms with E-state index >= 15 is 0 Å². The van der Waals surface area contributed by atoms with Crippen molar-refractivity contribution in [1.82, 2.24) is 0 Å². The molecule has 1 heterocycles. The van der Waals surface area contributed by atoms with Gasteiger partial charge in [0.05, 0.1) is 0 Å². The van der Waals surface area contributed by atoms with Gasteiger partial charge in [0.15, 0.2) is 0 Å². The summed E-state index contributed by atoms with van der Waals surface area (Å²) in [4.78, 5) is 9.78. The molecule has 68 valence electrons. The molecule has 2 heteroatoms. The third kappa shape index (κ3) is 1.87. The highest BCUT2D eigenvalue weighted by atomic mass is 17.2. The van der Waals surface area contributed by atoms with Gasteiger partial charge in [-0.15, -0.1) is 0 Å². The third-order valence-corrected chi connectivity index (χ3v) is 2.85. The third-order valence-electron chi connectivity index (χ3n) is 2.85. The molecule has 1 aliphatic heterocycles. The molecule has 0 spiro atoms. The van der Waals surface area contributed by atoms with Crippen molar-refractivity contribution in [1.29, 1.82) is 0 Å². The van der Waals surface area contributed by atoms with Crippen LogP contribution in [-0.4, -0.2) is 13.2 Å². The summed E-state index contributed by atoms with van der Waals surface area (Å²) < 4.78 is 0. The maximum absolute atomic E-state index is 4.97. The van der Waals surface area contributed by atoms with Crippen LogP contribution in [0.25, 0.3) is 0 Å². The van der Waals surface area contributed by atoms with Gasteiger partial charge in [-0.1, -0.05) is 25.3 Å². The zero-order valence-electron chi connectivity index (χ0n) is 7.42. The van der Waals surface area contributed by atoms with Gasteiger partial charge in [0.1, 0.15) is 13.2 Å². The minimum absolute atomic E-state index is 0.645. The largest absolute Gasteiger partial charge is 0.232 e. The first-order chi connectivity index (χ1) is 5.97. The van der Waals surface area contributed by atoms with E-state index in [0.717, 1.165) is 5.92 Å². The molecule has 0 radical (unpaired) electrons. The summed E-state index contributed by atoms with van der Waals surface area (Å²) in [6.45, 7) is 1.34. The van der Waals surface area contributed by atoms with Crippen LogP contribution in [-0.2, 0) is 9.78 Å². The maximum Gasteiger partial charge on any atom is 0.104 e. The van der Waals surface area contributed by atoms with Gasteiger partial charge in [-0.2, -0.15) is 0 Å². The van der Waals surface area contributed by atoms with Crippen LogP contribution in [0.1, 0.15) is 32.1 Å². The number of hydrogen-bond acceptors (Lipinski definition) is 2. The highest BCUT2D eigenvalue weighted by Crippen LogP contribution is 2.30. The minimum atomic E-state index is 0.645. The van der Waals surface area contributed by atoms with Gasteiger partial charge < -0.3 is 0 Å². The fourth-order valence-corrected chi connectivity index (χ4v) is 2.12. The van der Waals surface area contributed by atoms with Crippen LogP contribution in [0.2, 0.25) is 0 Å². The number of hydrogen-bond donors (Lipinski definition) is 0. The van der Waals surface area contributed by atoms with Crippen molar-refractivity contribution in [3.63, 3.8) is 0 Å². The van der Waals surface area contributed by atoms with Crippen LogP contribution >= 0.6 is 0 Å². The van der Waals surface area contributed by atoms with Gasteiger partial charge in [0, 0.05) is 0 Å². The van der Waals surface area contributed by atoms with Crippen LogP contribution in [0.3, 0.4) is 0 Å². The van der Waals surface area contributed by atoms with E-state index < -0.39 is 0 Å². The molecule has 0 bridgehead atoms. The SMILES string of the molecule is C1=C(C2CCCCC2)COOC1. The summed E-state index contributed by atoms with van der Waals surface area (Å²) in [6, 6.07) is 0. The lowest BCUT2D eigenvalue weighted by molar-refractivity contribution is -0.287. The molecule has 0 unspecified atom stereocenters. The average molecular weight is 168 g/mol. The van der Waals surface area contributed by atoms with Gasteiger partial charge in [0.2, 0.25) is 0 Å². The fourth-order valence-electron chi connectivity index (χ4n) is 2.12. The van der Waals surface area contributed by atoms with E-state index in [2.05, 4.69) is 6.08 Å². The van der Waals surface area contributed by atoms with Crippen LogP contribution in [0, 0.1) is 5.92 Å². The Labute approximate surface area is 73.5 Å². The lowest BCUT2D eigenvalue weighted by atomic mass is 9.84. The first-order valence-corrected chi connectivity index (χ1v) is 4.90. The Bertz CT molecular complexity index is 169. The predicted molar refractivity (Wildman–Crippen MR) is 46.6 cm³/mol. The second-order valence-electron chi connectivity index (χ2n) is 3.66. The summed E-state index contributed by atoms with van der Waals surface area (Å²) in [5.41, 5.74) is 1.47. The molecule has 2 nitrogen and oxygen atoms in total. The minimum Gasteiger partial charge on any atom is -0.232 e. The molecule has 0 saturated heterocycles. The lowest BCUT2D eigenvalue weighted by Crippen LogP contribution is -2.17. The van der Waals surface area contributed by atoms with Crippen molar-refractivity contribution in [3.8, 4) is 0 Å². The fraction of sp³-hybridized carbons (Fsp3) is 0.800. The molecule has 0 atom stereocenters. The second-order valence-corrected chi connectivity index (χ2v) is 3.66. The molecule has 0 aromatic rings. The van der Waals surface area contributed by atoms with Crippen molar-refractivity contribution in [2.24, 2.45) is 5.92 Å². The summed E-state index contributed by atoms with van der Waals surface area (Å²) >= 11 is 0. The Morgan fingerprint density at radius 2 is 1.92 bits per heavy atom. The van der Waals surface area contributed by atoms with E-state index in [4.69, 9.17) is 9.78 Å². The van der Waals surface area contributed by atoms with Gasteiger partial charge >= 0.3 is 0 Å². The van der Waals surface area contributed by atoms with Gasteiger partial charge in [-0.05, 0) is 24.3 Å². The molecule has 2 rings (SSSR count). The normalized spacial score (nSPS) is 26.8. The second kappa shape index (κ2) is 4.06. The highest BCUT2D eigenvalue weighted by molar-refractivity contribution is 5.09. The average Bonchev–Trinajstić information content (AvgIpc) is 2.21. The molecule has 0 aromatic heterocycles. The standard InChI is InChI=1S/C10H16O2/c1-2-4-9(5-3-1)10-6-7-11-12-8-10/h6,9H,1-5,7-8H2. The molecule has 0 amide bonds. The van der Waals surface area contributed by atoms with Crippen molar-refractivity contribution in [3.05, 3.63) is 11.6 Å². The molecule has 1 saturated carbocycles. The van der Waals surface area contributed by atoms with Gasteiger partial charge in [-0.25, -0.2) is 9.78 Å². The van der Waals surface area contributed by atoms with Gasteiger partial charge in [0.25, 0.3) is 0 Å². The van der Waals surface area contributed by atoms with Crippen molar-refractivity contribution >= 4 is 0 Å². The zero-order chi connectivity index (χ0) is 8.23. The topological polar surface area (TPSA) is 18.5 Å². The molecule has 0 aromatic carbocycles. The number of rotatable bonds is 1. The molecule has 1 aliphatic carbocycles. The van der Waals surface area contributed by atoms with Crippen LogP contribution in [0.4, 0.5) is 0 Å². The van der Waals surface area contributed by atoms with E-state index in [1.54, 1.807) is 0 Å². The summed E-state index contributed by atoms with van der Waals surface area (Å²) in [7, 11) is 0. The van der Waals surface area contributed by atoms with Crippen molar-refractivity contribution in [2.75, 3.05) is 13.2 Å². The van der Waals surface area contributed by atoms with Crippen LogP contribution < -0.4 is 0 Å². The van der Waals surface area contributed by atoms with E-state index in [9.17, 15) is 0 Å². The first kappa shape index (κ1) is 8.27. The molecule has 12 heavy (non-hydrogen) atoms. The Morgan fingerprint density at radius 3 is 2.58 bits per heavy atom. The summed E-state index contributed by atoms with van der Waals surface area (Å²) in [6.07, 6.45) is 9.11. The lowest BCUT2D eigenvalue weighted by Gasteiger charge is -2.25. The molecule has 2 aliphatic rings. The van der Waals surface area contributed by atoms with E-state index in [-0.39, 0.29) is 0 Å². The monoisotopic (exact) mass is 168 g/mol. The van der Waals surface area contributed by atoms with Crippen LogP contribution in [0.15, 0.2) is 11.6 Å². The smallest absolute Gasteiger partial charge is 0.104 e. The Morgan fingerprint density at radius 1 is 1.08 bits per heavy atom. The summed E-state index contributed by atoms with van der Waals surface area (Å²) in [5, 5.41) is 0. The molecular formula is C10H16O2. The Balaban J connectivity index is 1.92. The van der Waals surface area contributed by atoms with E-state index in [0.29, 0.717) is 13.2 Å². The predicted octanol–water partition coefficient (Wildman–Crippen LogP) is 2.45. The quantitative estimate of drug-likeness (QED) is 0.442. The molecular weight excluding hydrogens is 152 g/mol. The Hall–Kier alpha value is -0.340. The van der Waals surface area contributed by atoms with Crippen molar-refractivity contribution < 1.29 is 9.78 Å². The van der Waals surface area contributed by atoms with Crippen LogP contribution in [0.5, 0.6) is 0 Å². The Kier molecular flexibility index (Phi) is 2.79. The maximum atomic E-state index is 4.97. The van der Waals surface area contributed by atoms with Gasteiger partial charge in [-0.3, -0.25) is 0 Å². The van der Waals surface area contributed by atoms with E-state index in [1.807, 2.05) is 0 Å². The highest BCUT2D eigenvalue weighted by Gasteiger charge is 2.19. The van der Waals surface area contributed by atoms with E-state index in [1.165, 1.54) is 37.7 Å². The zero-order valence-corrected chi connectivity index (χ0v) is 7.42. The summed E-state index contributed by atoms with van der Waals surface area (Å²) in [5.74, 6) is 0.794. The van der Waals surface area contributed by atoms with Crippen molar-refractivity contribution in [2.45, 2.75) is 32.1 Å². The molecule has 1 fully saturated rings.